The van der Waals surface area contributed by atoms with E-state index in [0.717, 1.165) is 35.4 Å². The number of nitrogens with zero attached hydrogens (tertiary/aromatic N) is 4. The summed E-state index contributed by atoms with van der Waals surface area (Å²) in [4.78, 5) is 14.3. The molecule has 0 saturated carbocycles. The summed E-state index contributed by atoms with van der Waals surface area (Å²) in [6.07, 6.45) is 3.61. The van der Waals surface area contributed by atoms with Gasteiger partial charge in [0.1, 0.15) is 5.82 Å². The van der Waals surface area contributed by atoms with Gasteiger partial charge < -0.3 is 9.55 Å². The van der Waals surface area contributed by atoms with Crippen molar-refractivity contribution < 1.29 is 8.42 Å². The predicted molar refractivity (Wildman–Crippen MR) is 106 cm³/mol. The number of unbranched alkanes of at least 4 members (excludes halogenated alkanes) is 1. The molecule has 1 N–H and O–H groups in total. The second-order valence-electron chi connectivity index (χ2n) is 6.81. The van der Waals surface area contributed by atoms with Gasteiger partial charge in [0.25, 0.3) is 0 Å². The fraction of sp³-hybridized carbons (Fsp3) is 0.474. The molecule has 0 saturated heterocycles. The van der Waals surface area contributed by atoms with Crippen LogP contribution in [0.15, 0.2) is 35.6 Å². The van der Waals surface area contributed by atoms with Crippen LogP contribution < -0.4 is 0 Å². The van der Waals surface area contributed by atoms with E-state index < -0.39 is 9.84 Å². The Labute approximate surface area is 160 Å². The molecule has 8 heteroatoms. The zero-order valence-electron chi connectivity index (χ0n) is 16.1. The quantitative estimate of drug-likeness (QED) is 0.608. The molecule has 7 nitrogen and oxygen atoms in total. The van der Waals surface area contributed by atoms with Crippen LogP contribution >= 0.6 is 0 Å². The third-order valence-corrected chi connectivity index (χ3v) is 6.23. The van der Waals surface area contributed by atoms with Crippen LogP contribution in [-0.2, 0) is 29.5 Å². The van der Waals surface area contributed by atoms with E-state index in [1.807, 2.05) is 35.9 Å². The number of aromatic nitrogens is 4. The maximum atomic E-state index is 12.4. The van der Waals surface area contributed by atoms with Gasteiger partial charge in [0.05, 0.1) is 35.2 Å². The lowest BCUT2D eigenvalue weighted by atomic mass is 10.3. The normalized spacial score (nSPS) is 12.3. The summed E-state index contributed by atoms with van der Waals surface area (Å²) in [5.74, 6) is 0.949. The first-order valence-electron chi connectivity index (χ1n) is 9.34. The minimum absolute atomic E-state index is 0.0599. The fourth-order valence-corrected chi connectivity index (χ4v) is 4.14. The Morgan fingerprint density at radius 1 is 1.19 bits per heavy atom. The Morgan fingerprint density at radius 3 is 2.67 bits per heavy atom. The van der Waals surface area contributed by atoms with Gasteiger partial charge in [-0.05, 0) is 25.6 Å². The van der Waals surface area contributed by atoms with Crippen LogP contribution in [0, 0.1) is 0 Å². The van der Waals surface area contributed by atoms with Crippen molar-refractivity contribution >= 4 is 20.9 Å². The van der Waals surface area contributed by atoms with E-state index >= 15 is 0 Å². The van der Waals surface area contributed by atoms with Gasteiger partial charge in [-0.15, -0.1) is 0 Å². The van der Waals surface area contributed by atoms with E-state index in [2.05, 4.69) is 26.8 Å². The SMILES string of the molecule is CCCCn1c(CN(C)Cc2nc3ccccc3[nH]2)cnc1S(=O)(=O)CC. The van der Waals surface area contributed by atoms with E-state index in [1.165, 1.54) is 0 Å². The lowest BCUT2D eigenvalue weighted by Gasteiger charge is -2.17. The van der Waals surface area contributed by atoms with Crippen molar-refractivity contribution in [2.24, 2.45) is 0 Å². The van der Waals surface area contributed by atoms with Gasteiger partial charge in [-0.2, -0.15) is 0 Å². The molecule has 2 aromatic heterocycles. The second-order valence-corrected chi connectivity index (χ2v) is 8.99. The maximum absolute atomic E-state index is 12.4. The van der Waals surface area contributed by atoms with Crippen LogP contribution in [0.1, 0.15) is 38.2 Å². The Kier molecular flexibility index (Phi) is 5.96. The summed E-state index contributed by atoms with van der Waals surface area (Å²) in [6, 6.07) is 7.94. The summed E-state index contributed by atoms with van der Waals surface area (Å²) in [5.41, 5.74) is 2.88. The van der Waals surface area contributed by atoms with Crippen LogP contribution in [0.2, 0.25) is 0 Å². The number of sulfone groups is 1. The lowest BCUT2D eigenvalue weighted by Crippen LogP contribution is -2.21. The average molecular weight is 390 g/mol. The van der Waals surface area contributed by atoms with E-state index in [1.54, 1.807) is 13.1 Å². The molecule has 2 heterocycles. The molecule has 0 amide bonds. The molecule has 1 aromatic carbocycles. The fourth-order valence-electron chi connectivity index (χ4n) is 3.12. The molecular weight excluding hydrogens is 362 g/mol. The van der Waals surface area contributed by atoms with E-state index in [-0.39, 0.29) is 10.9 Å². The number of hydrogen-bond donors (Lipinski definition) is 1. The standard InChI is InChI=1S/C19H27N5O2S/c1-4-6-11-24-15(12-20-19(24)27(25,26)5-2)13-23(3)14-18-21-16-9-7-8-10-17(16)22-18/h7-10,12H,4-6,11,13-14H2,1-3H3,(H,21,22). The van der Waals surface area contributed by atoms with Crippen LogP contribution in [0.5, 0.6) is 0 Å². The molecule has 0 aliphatic heterocycles. The van der Waals surface area contributed by atoms with Crippen LogP contribution in [-0.4, -0.2) is 45.6 Å². The van der Waals surface area contributed by atoms with Crippen molar-refractivity contribution in [2.75, 3.05) is 12.8 Å². The predicted octanol–water partition coefficient (Wildman–Crippen LogP) is 2.99. The molecule has 0 spiro atoms. The molecule has 27 heavy (non-hydrogen) atoms. The van der Waals surface area contributed by atoms with Gasteiger partial charge in [0, 0.05) is 13.1 Å². The van der Waals surface area contributed by atoms with Crippen LogP contribution in [0.25, 0.3) is 11.0 Å². The molecule has 0 aliphatic carbocycles. The van der Waals surface area contributed by atoms with E-state index in [4.69, 9.17) is 0 Å². The molecule has 0 bridgehead atoms. The largest absolute Gasteiger partial charge is 0.341 e. The Hall–Kier alpha value is -2.19. The molecule has 0 aliphatic rings. The van der Waals surface area contributed by atoms with Crippen molar-refractivity contribution in [3.05, 3.63) is 42.0 Å². The van der Waals surface area contributed by atoms with Crippen LogP contribution in [0.3, 0.4) is 0 Å². The van der Waals surface area contributed by atoms with Gasteiger partial charge in [-0.3, -0.25) is 4.90 Å². The summed E-state index contributed by atoms with van der Waals surface area (Å²) >= 11 is 0. The van der Waals surface area contributed by atoms with Gasteiger partial charge >= 0.3 is 0 Å². The van der Waals surface area contributed by atoms with Gasteiger partial charge in [0.15, 0.2) is 0 Å². The zero-order valence-corrected chi connectivity index (χ0v) is 17.0. The summed E-state index contributed by atoms with van der Waals surface area (Å²) in [6.45, 7) is 5.66. The highest BCUT2D eigenvalue weighted by molar-refractivity contribution is 7.91. The number of hydrogen-bond acceptors (Lipinski definition) is 5. The molecule has 0 unspecified atom stereocenters. The number of nitrogens with one attached hydrogen (secondary N) is 1. The zero-order chi connectivity index (χ0) is 19.4. The van der Waals surface area contributed by atoms with E-state index in [0.29, 0.717) is 19.6 Å². The smallest absolute Gasteiger partial charge is 0.227 e. The molecule has 0 fully saturated rings. The topological polar surface area (TPSA) is 83.9 Å². The Morgan fingerprint density at radius 2 is 1.96 bits per heavy atom. The number of imidazole rings is 2. The van der Waals surface area contributed by atoms with Crippen molar-refractivity contribution in [1.82, 2.24) is 24.4 Å². The molecule has 3 aromatic rings. The van der Waals surface area contributed by atoms with Gasteiger partial charge in [-0.1, -0.05) is 32.4 Å². The Balaban J connectivity index is 1.79. The third kappa shape index (κ3) is 4.39. The van der Waals surface area contributed by atoms with Crippen molar-refractivity contribution in [1.29, 1.82) is 0 Å². The van der Waals surface area contributed by atoms with Crippen molar-refractivity contribution in [3.8, 4) is 0 Å². The van der Waals surface area contributed by atoms with Crippen molar-refractivity contribution in [2.45, 2.75) is 51.5 Å². The highest BCUT2D eigenvalue weighted by atomic mass is 32.2. The maximum Gasteiger partial charge on any atom is 0.227 e. The van der Waals surface area contributed by atoms with E-state index in [9.17, 15) is 8.42 Å². The molecule has 146 valence electrons. The molecule has 3 rings (SSSR count). The van der Waals surface area contributed by atoms with Crippen molar-refractivity contribution in [3.63, 3.8) is 0 Å². The first-order valence-corrected chi connectivity index (χ1v) is 11.0. The van der Waals surface area contributed by atoms with Gasteiger partial charge in [-0.25, -0.2) is 18.4 Å². The number of rotatable bonds is 9. The summed E-state index contributed by atoms with van der Waals surface area (Å²) in [5, 5.41) is 0.186. The molecular formula is C19H27N5O2S. The third-order valence-electron chi connectivity index (χ3n) is 4.59. The molecule has 0 radical (unpaired) electrons. The minimum atomic E-state index is -3.34. The number of para-hydroxylation sites is 2. The number of fused-ring (bicyclic) bond motifs is 1. The van der Waals surface area contributed by atoms with Gasteiger partial charge in [0.2, 0.25) is 15.0 Å². The lowest BCUT2D eigenvalue weighted by molar-refractivity contribution is 0.300. The summed E-state index contributed by atoms with van der Waals surface area (Å²) in [7, 11) is -1.34. The second kappa shape index (κ2) is 8.22. The monoisotopic (exact) mass is 389 g/mol. The Bertz CT molecular complexity index is 973. The first-order chi connectivity index (χ1) is 12.9. The number of benzene rings is 1. The number of H-pyrrole nitrogens is 1. The van der Waals surface area contributed by atoms with Crippen LogP contribution in [0.4, 0.5) is 0 Å². The first kappa shape index (κ1) is 19.6. The molecule has 0 atom stereocenters. The minimum Gasteiger partial charge on any atom is -0.341 e. The summed E-state index contributed by atoms with van der Waals surface area (Å²) < 4.78 is 26.6. The highest BCUT2D eigenvalue weighted by Gasteiger charge is 2.22. The highest BCUT2D eigenvalue weighted by Crippen LogP contribution is 2.17. The average Bonchev–Trinajstić information content (AvgIpc) is 3.23. The number of aromatic amines is 1.